The Kier molecular flexibility index (Phi) is 38.4. The second kappa shape index (κ2) is 40.7. The fraction of sp³-hybridized carbons (Fsp3) is 0.961. The molecule has 5 nitrogen and oxygen atoms in total. The van der Waals surface area contributed by atoms with Crippen LogP contribution >= 0.6 is 0 Å². The molecule has 2 atom stereocenters. The molecule has 1 aliphatic heterocycles. The fourth-order valence-electron chi connectivity index (χ4n) is 9.05. The van der Waals surface area contributed by atoms with Gasteiger partial charge in [-0.25, -0.2) is 0 Å². The Morgan fingerprint density at radius 3 is 1.07 bits per heavy atom. The predicted molar refractivity (Wildman–Crippen MR) is 242 cm³/mol. The molecule has 332 valence electrons. The number of nitrogens with zero attached hydrogens (tertiary/aromatic N) is 1. The molecule has 0 radical (unpaired) electrons. The molecule has 56 heavy (non-hydrogen) atoms. The van der Waals surface area contributed by atoms with Crippen LogP contribution in [0.5, 0.6) is 0 Å². The largest absolute Gasteiger partial charge is 0.466 e. The van der Waals surface area contributed by atoms with Crippen LogP contribution in [0.2, 0.25) is 0 Å². The van der Waals surface area contributed by atoms with Crippen LogP contribution in [0, 0.1) is 17.8 Å². The van der Waals surface area contributed by atoms with Crippen LogP contribution in [0.1, 0.15) is 265 Å². The standard InChI is InChI=1S/C51H99NO4/c1-5-9-25-35-47(34-12-8-4)44-50(53)55-42-32-23-19-15-13-17-21-28-38-49(46-52-40-30-31-41-52)39-29-22-18-14-16-20-24-33-43-56-51(54)45-48(36-26-10-6-2)37-27-11-7-3/h47-49H,5-46H2,1-4H3. The first-order valence-electron chi connectivity index (χ1n) is 25.6. The highest BCUT2D eigenvalue weighted by molar-refractivity contribution is 5.70. The molecule has 5 heteroatoms. The number of rotatable bonds is 43. The Morgan fingerprint density at radius 2 is 0.696 bits per heavy atom. The molecule has 1 aliphatic rings. The highest BCUT2D eigenvalue weighted by atomic mass is 16.5. The van der Waals surface area contributed by atoms with E-state index in [0.29, 0.717) is 37.9 Å². The zero-order valence-electron chi connectivity index (χ0n) is 38.5. The molecule has 0 spiro atoms. The number of hydrogen-bond acceptors (Lipinski definition) is 5. The smallest absolute Gasteiger partial charge is 0.306 e. The molecule has 1 saturated heterocycles. The lowest BCUT2D eigenvalue weighted by atomic mass is 9.92. The lowest BCUT2D eigenvalue weighted by Gasteiger charge is -2.23. The van der Waals surface area contributed by atoms with Gasteiger partial charge in [-0.2, -0.15) is 0 Å². The van der Waals surface area contributed by atoms with E-state index in [1.165, 1.54) is 232 Å². The summed E-state index contributed by atoms with van der Waals surface area (Å²) in [6, 6.07) is 0. The number of carbonyl (C=O) groups is 2. The zero-order chi connectivity index (χ0) is 40.6. The minimum Gasteiger partial charge on any atom is -0.466 e. The van der Waals surface area contributed by atoms with Crippen molar-refractivity contribution in [1.29, 1.82) is 0 Å². The van der Waals surface area contributed by atoms with Crippen LogP contribution in [0.15, 0.2) is 0 Å². The highest BCUT2D eigenvalue weighted by Gasteiger charge is 2.18. The molecule has 0 amide bonds. The summed E-state index contributed by atoms with van der Waals surface area (Å²) in [5.74, 6) is 2.02. The average molecular weight is 790 g/mol. The number of esters is 2. The van der Waals surface area contributed by atoms with Crippen LogP contribution in [-0.2, 0) is 19.1 Å². The molecule has 0 bridgehead atoms. The van der Waals surface area contributed by atoms with E-state index in [0.717, 1.165) is 18.8 Å². The third kappa shape index (κ3) is 33.8. The van der Waals surface area contributed by atoms with Crippen molar-refractivity contribution in [1.82, 2.24) is 4.90 Å². The van der Waals surface area contributed by atoms with Gasteiger partial charge in [-0.15, -0.1) is 0 Å². The first-order chi connectivity index (χ1) is 27.5. The molecule has 1 rings (SSSR count). The zero-order valence-corrected chi connectivity index (χ0v) is 38.5. The van der Waals surface area contributed by atoms with Crippen molar-refractivity contribution >= 4 is 11.9 Å². The van der Waals surface area contributed by atoms with Crippen molar-refractivity contribution in [2.75, 3.05) is 32.8 Å². The minimum atomic E-state index is 0.0406. The second-order valence-corrected chi connectivity index (χ2v) is 18.3. The molecule has 0 aromatic heterocycles. The van der Waals surface area contributed by atoms with E-state index in [-0.39, 0.29) is 11.9 Å². The minimum absolute atomic E-state index is 0.0406. The summed E-state index contributed by atoms with van der Waals surface area (Å²) in [6.07, 6.45) is 46.1. The molecule has 0 saturated carbocycles. The summed E-state index contributed by atoms with van der Waals surface area (Å²) < 4.78 is 11.3. The van der Waals surface area contributed by atoms with E-state index in [2.05, 4.69) is 32.6 Å². The summed E-state index contributed by atoms with van der Waals surface area (Å²) in [6.45, 7) is 14.2. The van der Waals surface area contributed by atoms with Gasteiger partial charge in [-0.1, -0.05) is 188 Å². The van der Waals surface area contributed by atoms with Gasteiger partial charge < -0.3 is 14.4 Å². The average Bonchev–Trinajstić information content (AvgIpc) is 3.71. The van der Waals surface area contributed by atoms with Gasteiger partial charge >= 0.3 is 11.9 Å². The first kappa shape index (κ1) is 52.9. The van der Waals surface area contributed by atoms with E-state index in [9.17, 15) is 9.59 Å². The van der Waals surface area contributed by atoms with Gasteiger partial charge in [0.15, 0.2) is 0 Å². The lowest BCUT2D eigenvalue weighted by Crippen LogP contribution is -2.26. The first-order valence-corrected chi connectivity index (χ1v) is 25.6. The Labute approximate surface area is 350 Å². The maximum absolute atomic E-state index is 12.5. The quantitative estimate of drug-likeness (QED) is 0.0455. The van der Waals surface area contributed by atoms with Crippen LogP contribution in [-0.4, -0.2) is 49.7 Å². The van der Waals surface area contributed by atoms with Gasteiger partial charge in [0, 0.05) is 19.4 Å². The summed E-state index contributed by atoms with van der Waals surface area (Å²) in [5.41, 5.74) is 0. The number of hydrogen-bond donors (Lipinski definition) is 0. The van der Waals surface area contributed by atoms with Gasteiger partial charge in [0.2, 0.25) is 0 Å². The van der Waals surface area contributed by atoms with E-state index in [1.807, 2.05) is 0 Å². The van der Waals surface area contributed by atoms with Crippen molar-refractivity contribution < 1.29 is 19.1 Å². The number of carbonyl (C=O) groups excluding carboxylic acids is 2. The highest BCUT2D eigenvalue weighted by Crippen LogP contribution is 2.25. The van der Waals surface area contributed by atoms with Gasteiger partial charge in [0.25, 0.3) is 0 Å². The van der Waals surface area contributed by atoms with Gasteiger partial charge in [-0.3, -0.25) is 9.59 Å². The number of unbranched alkanes of at least 4 members (excludes halogenated alkanes) is 21. The SMILES string of the molecule is CCCCCC(CCCC)CC(=O)OCCCCCCCCCCC(CCCCCCCCCCOC(=O)CC(CCCCC)CCCCC)CN1CCCC1. The summed E-state index contributed by atoms with van der Waals surface area (Å²) in [4.78, 5) is 27.7. The maximum Gasteiger partial charge on any atom is 0.306 e. The van der Waals surface area contributed by atoms with E-state index in [4.69, 9.17) is 9.47 Å². The van der Waals surface area contributed by atoms with E-state index in [1.54, 1.807) is 0 Å². The molecule has 2 unspecified atom stereocenters. The van der Waals surface area contributed by atoms with Crippen LogP contribution < -0.4 is 0 Å². The molecular weight excluding hydrogens is 691 g/mol. The Balaban J connectivity index is 2.07. The molecule has 0 N–H and O–H groups in total. The van der Waals surface area contributed by atoms with Gasteiger partial charge in [0.1, 0.15) is 0 Å². The van der Waals surface area contributed by atoms with Crippen molar-refractivity contribution in [3.05, 3.63) is 0 Å². The Bertz CT molecular complexity index is 832. The molecular formula is C51H99NO4. The second-order valence-electron chi connectivity index (χ2n) is 18.3. The molecule has 1 heterocycles. The molecule has 1 fully saturated rings. The van der Waals surface area contributed by atoms with E-state index >= 15 is 0 Å². The molecule has 0 aromatic carbocycles. The number of ether oxygens (including phenoxy) is 2. The van der Waals surface area contributed by atoms with Crippen LogP contribution in [0.25, 0.3) is 0 Å². The van der Waals surface area contributed by atoms with Crippen molar-refractivity contribution in [3.8, 4) is 0 Å². The van der Waals surface area contributed by atoms with Gasteiger partial charge in [0.05, 0.1) is 13.2 Å². The van der Waals surface area contributed by atoms with Crippen molar-refractivity contribution in [3.63, 3.8) is 0 Å². The lowest BCUT2D eigenvalue weighted by molar-refractivity contribution is -0.146. The molecule has 0 aliphatic carbocycles. The summed E-state index contributed by atoms with van der Waals surface area (Å²) in [5, 5.41) is 0. The fourth-order valence-corrected chi connectivity index (χ4v) is 9.05. The predicted octanol–water partition coefficient (Wildman–Crippen LogP) is 15.8. The van der Waals surface area contributed by atoms with Crippen LogP contribution in [0.4, 0.5) is 0 Å². The topological polar surface area (TPSA) is 55.8 Å². The summed E-state index contributed by atoms with van der Waals surface area (Å²) >= 11 is 0. The third-order valence-electron chi connectivity index (χ3n) is 12.8. The van der Waals surface area contributed by atoms with Gasteiger partial charge in [-0.05, 0) is 95.1 Å². The molecule has 0 aromatic rings. The van der Waals surface area contributed by atoms with E-state index < -0.39 is 0 Å². The number of likely N-dealkylation sites (tertiary alicyclic amines) is 1. The Hall–Kier alpha value is -1.10. The summed E-state index contributed by atoms with van der Waals surface area (Å²) in [7, 11) is 0. The third-order valence-corrected chi connectivity index (χ3v) is 12.8. The Morgan fingerprint density at radius 1 is 0.393 bits per heavy atom. The van der Waals surface area contributed by atoms with Crippen molar-refractivity contribution in [2.45, 2.75) is 265 Å². The van der Waals surface area contributed by atoms with Crippen LogP contribution in [0.3, 0.4) is 0 Å². The maximum atomic E-state index is 12.5. The van der Waals surface area contributed by atoms with Crippen molar-refractivity contribution in [2.24, 2.45) is 17.8 Å². The monoisotopic (exact) mass is 790 g/mol. The normalized spacial score (nSPS) is 14.4.